The fraction of sp³-hybridized carbons (Fsp3) is 0.500. The second kappa shape index (κ2) is 7.43. The van der Waals surface area contributed by atoms with E-state index in [9.17, 15) is 0 Å². The molecule has 1 aliphatic heterocycles. The summed E-state index contributed by atoms with van der Waals surface area (Å²) in [5.41, 5.74) is 2.08. The standard InChI is InChI=1S/C18H24N6O2/c1-3-25-13(2)17-21-16(26-22-17)12-23-8-10-24(11-9-23)18-19-14-6-4-5-7-15(14)20-18/h4-7,13H,3,8-12H2,1-2H3,(H,19,20). The Morgan fingerprint density at radius 1 is 1.19 bits per heavy atom. The van der Waals surface area contributed by atoms with Crippen molar-refractivity contribution in [1.82, 2.24) is 25.0 Å². The second-order valence-corrected chi connectivity index (χ2v) is 6.48. The fourth-order valence-corrected chi connectivity index (χ4v) is 3.22. The van der Waals surface area contributed by atoms with Crippen molar-refractivity contribution in [2.75, 3.05) is 37.7 Å². The van der Waals surface area contributed by atoms with E-state index in [2.05, 4.69) is 36.0 Å². The highest BCUT2D eigenvalue weighted by Crippen LogP contribution is 2.19. The molecule has 8 nitrogen and oxygen atoms in total. The molecule has 0 radical (unpaired) electrons. The van der Waals surface area contributed by atoms with E-state index >= 15 is 0 Å². The van der Waals surface area contributed by atoms with Gasteiger partial charge in [-0.15, -0.1) is 0 Å². The van der Waals surface area contributed by atoms with Gasteiger partial charge in [0.15, 0.2) is 5.82 Å². The van der Waals surface area contributed by atoms with E-state index in [0.717, 1.165) is 43.2 Å². The Kier molecular flexibility index (Phi) is 4.85. The number of nitrogens with one attached hydrogen (secondary N) is 1. The van der Waals surface area contributed by atoms with Crippen LogP contribution in [0.5, 0.6) is 0 Å². The van der Waals surface area contributed by atoms with Gasteiger partial charge < -0.3 is 19.1 Å². The molecule has 1 unspecified atom stereocenters. The van der Waals surface area contributed by atoms with E-state index in [1.807, 2.05) is 32.0 Å². The SMILES string of the molecule is CCOC(C)c1noc(CN2CCN(c3nc4ccccc4[nH]3)CC2)n1. The van der Waals surface area contributed by atoms with Crippen LogP contribution in [-0.4, -0.2) is 57.8 Å². The number of para-hydroxylation sites is 2. The third-order valence-corrected chi connectivity index (χ3v) is 4.67. The number of imidazole rings is 1. The number of aromatic amines is 1. The molecule has 1 aromatic carbocycles. The van der Waals surface area contributed by atoms with Crippen molar-refractivity contribution in [1.29, 1.82) is 0 Å². The predicted octanol–water partition coefficient (Wildman–Crippen LogP) is 2.37. The first-order valence-electron chi connectivity index (χ1n) is 9.09. The summed E-state index contributed by atoms with van der Waals surface area (Å²) in [4.78, 5) is 17.1. The average Bonchev–Trinajstić information content (AvgIpc) is 3.29. The number of hydrogen-bond acceptors (Lipinski definition) is 7. The molecule has 2 aromatic heterocycles. The number of piperazine rings is 1. The fourth-order valence-electron chi connectivity index (χ4n) is 3.22. The zero-order valence-corrected chi connectivity index (χ0v) is 15.2. The van der Waals surface area contributed by atoms with Crippen LogP contribution in [0.25, 0.3) is 11.0 Å². The molecule has 3 heterocycles. The second-order valence-electron chi connectivity index (χ2n) is 6.48. The molecule has 0 aliphatic carbocycles. The molecule has 0 bridgehead atoms. The Hall–Kier alpha value is -2.45. The molecule has 1 fully saturated rings. The number of hydrogen-bond donors (Lipinski definition) is 1. The molecule has 3 aromatic rings. The number of aromatic nitrogens is 4. The van der Waals surface area contributed by atoms with Gasteiger partial charge in [-0.05, 0) is 26.0 Å². The minimum atomic E-state index is -0.137. The van der Waals surface area contributed by atoms with Gasteiger partial charge in [0.2, 0.25) is 11.8 Å². The summed E-state index contributed by atoms with van der Waals surface area (Å²) in [6.45, 7) is 8.87. The maximum Gasteiger partial charge on any atom is 0.240 e. The Labute approximate surface area is 152 Å². The number of benzene rings is 1. The van der Waals surface area contributed by atoms with Crippen molar-refractivity contribution in [2.45, 2.75) is 26.5 Å². The summed E-state index contributed by atoms with van der Waals surface area (Å²) in [5.74, 6) is 2.20. The number of ether oxygens (including phenoxy) is 1. The first-order chi connectivity index (χ1) is 12.7. The molecule has 0 amide bonds. The Morgan fingerprint density at radius 2 is 2.00 bits per heavy atom. The van der Waals surface area contributed by atoms with E-state index < -0.39 is 0 Å². The minimum absolute atomic E-state index is 0.137. The summed E-state index contributed by atoms with van der Waals surface area (Å²) in [6.07, 6.45) is -0.137. The normalized spacial score (nSPS) is 17.1. The van der Waals surface area contributed by atoms with Crippen molar-refractivity contribution >= 4 is 17.0 Å². The first-order valence-corrected chi connectivity index (χ1v) is 9.09. The van der Waals surface area contributed by atoms with E-state index in [1.165, 1.54) is 0 Å². The molecule has 138 valence electrons. The maximum atomic E-state index is 5.50. The van der Waals surface area contributed by atoms with Crippen LogP contribution < -0.4 is 4.90 Å². The molecule has 8 heteroatoms. The topological polar surface area (TPSA) is 83.3 Å². The summed E-state index contributed by atoms with van der Waals surface area (Å²) in [5, 5.41) is 4.02. The Balaban J connectivity index is 1.33. The van der Waals surface area contributed by atoms with Crippen LogP contribution >= 0.6 is 0 Å². The molecule has 1 atom stereocenters. The highest BCUT2D eigenvalue weighted by molar-refractivity contribution is 5.77. The highest BCUT2D eigenvalue weighted by atomic mass is 16.5. The number of fused-ring (bicyclic) bond motifs is 1. The van der Waals surface area contributed by atoms with Crippen LogP contribution in [0.1, 0.15) is 31.7 Å². The number of nitrogens with zero attached hydrogens (tertiary/aromatic N) is 5. The van der Waals surface area contributed by atoms with E-state index in [0.29, 0.717) is 24.9 Å². The Bertz CT molecular complexity index is 819. The van der Waals surface area contributed by atoms with Gasteiger partial charge in [0, 0.05) is 32.8 Å². The predicted molar refractivity (Wildman–Crippen MR) is 97.9 cm³/mol. The van der Waals surface area contributed by atoms with Crippen LogP contribution in [0.3, 0.4) is 0 Å². The summed E-state index contributed by atoms with van der Waals surface area (Å²) >= 11 is 0. The van der Waals surface area contributed by atoms with Crippen molar-refractivity contribution in [3.8, 4) is 0 Å². The smallest absolute Gasteiger partial charge is 0.240 e. The quantitative estimate of drug-likeness (QED) is 0.726. The lowest BCUT2D eigenvalue weighted by molar-refractivity contribution is 0.0683. The Morgan fingerprint density at radius 3 is 2.77 bits per heavy atom. The van der Waals surface area contributed by atoms with Gasteiger partial charge in [0.25, 0.3) is 0 Å². The van der Waals surface area contributed by atoms with Crippen LogP contribution in [0.4, 0.5) is 5.95 Å². The van der Waals surface area contributed by atoms with Gasteiger partial charge in [-0.25, -0.2) is 4.98 Å². The lowest BCUT2D eigenvalue weighted by Gasteiger charge is -2.33. The van der Waals surface area contributed by atoms with Crippen LogP contribution in [0, 0.1) is 0 Å². The third kappa shape index (κ3) is 3.56. The molecule has 1 saturated heterocycles. The van der Waals surface area contributed by atoms with Crippen molar-refractivity contribution in [3.05, 3.63) is 36.0 Å². The zero-order chi connectivity index (χ0) is 17.9. The van der Waals surface area contributed by atoms with Crippen LogP contribution in [-0.2, 0) is 11.3 Å². The average molecular weight is 356 g/mol. The zero-order valence-electron chi connectivity index (χ0n) is 15.2. The molecular formula is C18H24N6O2. The maximum absolute atomic E-state index is 5.50. The van der Waals surface area contributed by atoms with Crippen molar-refractivity contribution in [3.63, 3.8) is 0 Å². The van der Waals surface area contributed by atoms with Gasteiger partial charge in [0.05, 0.1) is 17.6 Å². The van der Waals surface area contributed by atoms with Gasteiger partial charge in [-0.1, -0.05) is 17.3 Å². The van der Waals surface area contributed by atoms with Gasteiger partial charge in [-0.3, -0.25) is 4.90 Å². The van der Waals surface area contributed by atoms with Crippen LogP contribution in [0.15, 0.2) is 28.8 Å². The molecular weight excluding hydrogens is 332 g/mol. The van der Waals surface area contributed by atoms with E-state index in [-0.39, 0.29) is 6.10 Å². The molecule has 1 aliphatic rings. The molecule has 0 saturated carbocycles. The summed E-state index contributed by atoms with van der Waals surface area (Å²) in [6, 6.07) is 8.11. The number of anilines is 1. The van der Waals surface area contributed by atoms with Crippen molar-refractivity contribution in [2.24, 2.45) is 0 Å². The van der Waals surface area contributed by atoms with Crippen molar-refractivity contribution < 1.29 is 9.26 Å². The van der Waals surface area contributed by atoms with E-state index in [4.69, 9.17) is 9.26 Å². The van der Waals surface area contributed by atoms with Gasteiger partial charge in [-0.2, -0.15) is 4.98 Å². The minimum Gasteiger partial charge on any atom is -0.371 e. The van der Waals surface area contributed by atoms with Gasteiger partial charge >= 0.3 is 0 Å². The first kappa shape index (κ1) is 17.0. The lowest BCUT2D eigenvalue weighted by atomic mass is 10.3. The highest BCUT2D eigenvalue weighted by Gasteiger charge is 2.22. The monoisotopic (exact) mass is 356 g/mol. The number of H-pyrrole nitrogens is 1. The number of rotatable bonds is 6. The third-order valence-electron chi connectivity index (χ3n) is 4.67. The largest absolute Gasteiger partial charge is 0.371 e. The summed E-state index contributed by atoms with van der Waals surface area (Å²) < 4.78 is 10.9. The molecule has 26 heavy (non-hydrogen) atoms. The molecule has 1 N–H and O–H groups in total. The van der Waals surface area contributed by atoms with E-state index in [1.54, 1.807) is 0 Å². The van der Waals surface area contributed by atoms with Crippen LogP contribution in [0.2, 0.25) is 0 Å². The molecule has 0 spiro atoms. The summed E-state index contributed by atoms with van der Waals surface area (Å²) in [7, 11) is 0. The lowest BCUT2D eigenvalue weighted by Crippen LogP contribution is -2.46. The van der Waals surface area contributed by atoms with Gasteiger partial charge in [0.1, 0.15) is 6.10 Å². The molecule has 4 rings (SSSR count).